The molecule has 0 nitrogen and oxygen atoms in total. The van der Waals surface area contributed by atoms with Gasteiger partial charge < -0.3 is 0 Å². The number of rotatable bonds is 7. The molecule has 16 heavy (non-hydrogen) atoms. The predicted octanol–water partition coefficient (Wildman–Crippen LogP) is 5.24. The van der Waals surface area contributed by atoms with Crippen molar-refractivity contribution in [2.24, 2.45) is 0 Å². The summed E-state index contributed by atoms with van der Waals surface area (Å²) in [5, 5.41) is 0. The molecule has 0 amide bonds. The molecule has 1 aromatic carbocycles. The first-order valence-corrected chi connectivity index (χ1v) is 6.45. The summed E-state index contributed by atoms with van der Waals surface area (Å²) in [7, 11) is 0. The summed E-state index contributed by atoms with van der Waals surface area (Å²) >= 11 is 0. The fraction of sp³-hybridized carbons (Fsp3) is 0.500. The molecule has 1 rings (SSSR count). The molecule has 0 aliphatic heterocycles. The molecule has 0 heterocycles. The Morgan fingerprint density at radius 1 is 1.19 bits per heavy atom. The molecule has 0 saturated carbocycles. The fourth-order valence-corrected chi connectivity index (χ4v) is 2.09. The summed E-state index contributed by atoms with van der Waals surface area (Å²) in [5.74, 6) is 0.721. The van der Waals surface area contributed by atoms with Crippen molar-refractivity contribution in [3.8, 4) is 0 Å². The standard InChI is InChI=1S/C16H24/c1-4-6-8-15(9-7-5-2)16-12-10-14(3)11-13-16/h4,10-13,15H,1,5-9H2,2-3H3. The number of hydrogen-bond donors (Lipinski definition) is 0. The predicted molar refractivity (Wildman–Crippen MR) is 72.9 cm³/mol. The molecule has 0 spiro atoms. The van der Waals surface area contributed by atoms with Crippen LogP contribution in [0.4, 0.5) is 0 Å². The van der Waals surface area contributed by atoms with Crippen molar-refractivity contribution in [3.63, 3.8) is 0 Å². The fourth-order valence-electron chi connectivity index (χ4n) is 2.09. The Kier molecular flexibility index (Phi) is 5.92. The first kappa shape index (κ1) is 13.0. The smallest absolute Gasteiger partial charge is 0.0159 e. The van der Waals surface area contributed by atoms with Crippen LogP contribution in [0.3, 0.4) is 0 Å². The molecule has 0 fully saturated rings. The van der Waals surface area contributed by atoms with Crippen molar-refractivity contribution in [3.05, 3.63) is 48.0 Å². The van der Waals surface area contributed by atoms with Gasteiger partial charge in [-0.15, -0.1) is 6.58 Å². The van der Waals surface area contributed by atoms with Crippen LogP contribution >= 0.6 is 0 Å². The maximum absolute atomic E-state index is 3.82. The molecule has 0 heteroatoms. The minimum Gasteiger partial charge on any atom is -0.103 e. The number of aryl methyl sites for hydroxylation is 1. The second-order valence-corrected chi connectivity index (χ2v) is 4.62. The zero-order valence-corrected chi connectivity index (χ0v) is 10.7. The highest BCUT2D eigenvalue weighted by atomic mass is 14.1. The average molecular weight is 216 g/mol. The molecule has 88 valence electrons. The molecule has 1 atom stereocenters. The molecule has 0 bridgehead atoms. The SMILES string of the molecule is C=CCCC(CCCC)c1ccc(C)cc1. The minimum absolute atomic E-state index is 0.721. The van der Waals surface area contributed by atoms with Crippen molar-refractivity contribution in [2.75, 3.05) is 0 Å². The Labute approximate surface area is 100 Å². The van der Waals surface area contributed by atoms with Gasteiger partial charge in [0.05, 0.1) is 0 Å². The highest BCUT2D eigenvalue weighted by Gasteiger charge is 2.09. The Morgan fingerprint density at radius 3 is 2.44 bits per heavy atom. The summed E-state index contributed by atoms with van der Waals surface area (Å²) in [5.41, 5.74) is 2.85. The van der Waals surface area contributed by atoms with E-state index in [4.69, 9.17) is 0 Å². The van der Waals surface area contributed by atoms with Crippen molar-refractivity contribution >= 4 is 0 Å². The lowest BCUT2D eigenvalue weighted by atomic mass is 9.89. The van der Waals surface area contributed by atoms with E-state index in [0.29, 0.717) is 0 Å². The van der Waals surface area contributed by atoms with Crippen LogP contribution in [0.5, 0.6) is 0 Å². The molecule has 0 N–H and O–H groups in total. The molecular formula is C16H24. The number of hydrogen-bond acceptors (Lipinski definition) is 0. The van der Waals surface area contributed by atoms with E-state index < -0.39 is 0 Å². The minimum atomic E-state index is 0.721. The van der Waals surface area contributed by atoms with Crippen molar-refractivity contribution in [1.82, 2.24) is 0 Å². The van der Waals surface area contributed by atoms with E-state index in [1.807, 2.05) is 6.08 Å². The largest absolute Gasteiger partial charge is 0.103 e. The lowest BCUT2D eigenvalue weighted by Crippen LogP contribution is -1.98. The van der Waals surface area contributed by atoms with E-state index in [0.717, 1.165) is 12.3 Å². The van der Waals surface area contributed by atoms with Crippen LogP contribution in [0.1, 0.15) is 56.1 Å². The van der Waals surface area contributed by atoms with Gasteiger partial charge in [0.15, 0.2) is 0 Å². The van der Waals surface area contributed by atoms with Crippen LogP contribution in [0, 0.1) is 6.92 Å². The number of unbranched alkanes of at least 4 members (excludes halogenated alkanes) is 1. The van der Waals surface area contributed by atoms with Gasteiger partial charge in [0.2, 0.25) is 0 Å². The summed E-state index contributed by atoms with van der Waals surface area (Å²) in [4.78, 5) is 0. The van der Waals surface area contributed by atoms with Gasteiger partial charge in [-0.2, -0.15) is 0 Å². The Morgan fingerprint density at radius 2 is 1.88 bits per heavy atom. The van der Waals surface area contributed by atoms with Crippen molar-refractivity contribution in [2.45, 2.75) is 51.9 Å². The third-order valence-electron chi connectivity index (χ3n) is 3.17. The highest BCUT2D eigenvalue weighted by Crippen LogP contribution is 2.27. The quantitative estimate of drug-likeness (QED) is 0.547. The molecule has 0 aromatic heterocycles. The normalized spacial score (nSPS) is 12.4. The van der Waals surface area contributed by atoms with E-state index in [1.165, 1.54) is 36.8 Å². The van der Waals surface area contributed by atoms with Crippen molar-refractivity contribution < 1.29 is 0 Å². The van der Waals surface area contributed by atoms with Crippen LogP contribution in [-0.2, 0) is 0 Å². The van der Waals surface area contributed by atoms with Gasteiger partial charge in [-0.1, -0.05) is 55.7 Å². The monoisotopic (exact) mass is 216 g/mol. The first-order chi connectivity index (χ1) is 7.77. The summed E-state index contributed by atoms with van der Waals surface area (Å²) < 4.78 is 0. The van der Waals surface area contributed by atoms with E-state index >= 15 is 0 Å². The molecule has 0 radical (unpaired) electrons. The average Bonchev–Trinajstić information content (AvgIpc) is 2.31. The van der Waals surface area contributed by atoms with Crippen LogP contribution in [-0.4, -0.2) is 0 Å². The molecule has 0 saturated heterocycles. The van der Waals surface area contributed by atoms with Crippen molar-refractivity contribution in [1.29, 1.82) is 0 Å². The second-order valence-electron chi connectivity index (χ2n) is 4.62. The van der Waals surface area contributed by atoms with E-state index in [1.54, 1.807) is 0 Å². The van der Waals surface area contributed by atoms with Gasteiger partial charge in [0.25, 0.3) is 0 Å². The zero-order chi connectivity index (χ0) is 11.8. The Bertz CT molecular complexity index is 294. The van der Waals surface area contributed by atoms with Crippen LogP contribution < -0.4 is 0 Å². The topological polar surface area (TPSA) is 0 Å². The highest BCUT2D eigenvalue weighted by molar-refractivity contribution is 5.24. The van der Waals surface area contributed by atoms with Gasteiger partial charge in [-0.25, -0.2) is 0 Å². The van der Waals surface area contributed by atoms with E-state index in [9.17, 15) is 0 Å². The van der Waals surface area contributed by atoms with Gasteiger partial charge in [0, 0.05) is 0 Å². The van der Waals surface area contributed by atoms with Gasteiger partial charge in [-0.05, 0) is 37.7 Å². The van der Waals surface area contributed by atoms with Crippen LogP contribution in [0.2, 0.25) is 0 Å². The molecule has 0 aliphatic carbocycles. The maximum atomic E-state index is 3.82. The van der Waals surface area contributed by atoms with Crippen LogP contribution in [0.15, 0.2) is 36.9 Å². The third kappa shape index (κ3) is 4.22. The molecular weight excluding hydrogens is 192 g/mol. The Hall–Kier alpha value is -1.04. The number of allylic oxidation sites excluding steroid dienone is 1. The lowest BCUT2D eigenvalue weighted by molar-refractivity contribution is 0.552. The van der Waals surface area contributed by atoms with Gasteiger partial charge >= 0.3 is 0 Å². The summed E-state index contributed by atoms with van der Waals surface area (Å²) in [6.45, 7) is 8.23. The second kappa shape index (κ2) is 7.27. The lowest BCUT2D eigenvalue weighted by Gasteiger charge is -2.16. The van der Waals surface area contributed by atoms with E-state index in [-0.39, 0.29) is 0 Å². The first-order valence-electron chi connectivity index (χ1n) is 6.45. The molecule has 1 unspecified atom stereocenters. The van der Waals surface area contributed by atoms with Crippen LogP contribution in [0.25, 0.3) is 0 Å². The molecule has 1 aromatic rings. The summed E-state index contributed by atoms with van der Waals surface area (Å²) in [6, 6.07) is 9.03. The van der Waals surface area contributed by atoms with Gasteiger partial charge in [0.1, 0.15) is 0 Å². The third-order valence-corrected chi connectivity index (χ3v) is 3.17. The molecule has 0 aliphatic rings. The van der Waals surface area contributed by atoms with E-state index in [2.05, 4.69) is 44.7 Å². The summed E-state index contributed by atoms with van der Waals surface area (Å²) in [6.07, 6.45) is 8.33. The number of benzene rings is 1. The maximum Gasteiger partial charge on any atom is -0.0159 e. The zero-order valence-electron chi connectivity index (χ0n) is 10.7. The Balaban J connectivity index is 2.66. The van der Waals surface area contributed by atoms with Gasteiger partial charge in [-0.3, -0.25) is 0 Å².